The van der Waals surface area contributed by atoms with Crippen molar-refractivity contribution < 1.29 is 13.5 Å². The van der Waals surface area contributed by atoms with Crippen molar-refractivity contribution in [3.05, 3.63) is 35.4 Å². The van der Waals surface area contributed by atoms with Gasteiger partial charge in [0.25, 0.3) is 0 Å². The minimum absolute atomic E-state index is 0.00881. The summed E-state index contributed by atoms with van der Waals surface area (Å²) in [6.45, 7) is 2.93. The van der Waals surface area contributed by atoms with Gasteiger partial charge in [-0.3, -0.25) is 4.90 Å². The summed E-state index contributed by atoms with van der Waals surface area (Å²) in [5.74, 6) is 0.512. The molecule has 6 heteroatoms. The quantitative estimate of drug-likeness (QED) is 0.822. The molecule has 0 bridgehead atoms. The van der Waals surface area contributed by atoms with E-state index in [0.717, 1.165) is 32.4 Å². The molecule has 23 heavy (non-hydrogen) atoms. The predicted octanol–water partition coefficient (Wildman–Crippen LogP) is 0.572. The molecular weight excluding hydrogens is 312 g/mol. The molecule has 0 unspecified atom stereocenters. The molecule has 0 saturated carbocycles. The highest BCUT2D eigenvalue weighted by Crippen LogP contribution is 2.18. The molecule has 5 nitrogen and oxygen atoms in total. The number of nitrogens with zero attached hydrogens (tertiary/aromatic N) is 1. The maximum atomic E-state index is 11.6. The molecule has 2 heterocycles. The normalized spacial score (nSPS) is 25.7. The van der Waals surface area contributed by atoms with E-state index in [0.29, 0.717) is 18.8 Å². The standard InChI is InChI=1S/C17H26N2O3S/c20-17(10-18-16-6-3-9-23(21,22)13-16)12-19-8-7-14-4-1-2-5-15(14)11-19/h1-2,4-5,16-18,20H,3,6-13H2/t16-,17+/m0/s1. The van der Waals surface area contributed by atoms with E-state index in [1.807, 2.05) is 0 Å². The van der Waals surface area contributed by atoms with E-state index in [2.05, 4.69) is 34.5 Å². The molecule has 2 atom stereocenters. The highest BCUT2D eigenvalue weighted by atomic mass is 32.2. The minimum Gasteiger partial charge on any atom is -0.390 e. The molecule has 1 aromatic rings. The Kier molecular flexibility index (Phi) is 5.36. The average molecular weight is 338 g/mol. The number of β-amino-alcohol motifs (C(OH)–C–C–N with tert-alkyl or cyclic N) is 1. The van der Waals surface area contributed by atoms with E-state index in [-0.39, 0.29) is 11.8 Å². The van der Waals surface area contributed by atoms with Crippen molar-refractivity contribution in [2.75, 3.05) is 31.1 Å². The number of benzene rings is 1. The molecule has 0 aromatic heterocycles. The number of fused-ring (bicyclic) bond motifs is 1. The second-order valence-corrected chi connectivity index (χ2v) is 9.00. The Morgan fingerprint density at radius 2 is 2.09 bits per heavy atom. The monoisotopic (exact) mass is 338 g/mol. The molecule has 2 aliphatic rings. The van der Waals surface area contributed by atoms with Crippen LogP contribution < -0.4 is 5.32 Å². The van der Waals surface area contributed by atoms with Crippen LogP contribution in [0.4, 0.5) is 0 Å². The first kappa shape index (κ1) is 16.9. The number of aliphatic hydroxyl groups excluding tert-OH is 1. The van der Waals surface area contributed by atoms with Crippen molar-refractivity contribution >= 4 is 9.84 Å². The molecule has 2 N–H and O–H groups in total. The van der Waals surface area contributed by atoms with Gasteiger partial charge in [0.1, 0.15) is 0 Å². The van der Waals surface area contributed by atoms with Gasteiger partial charge in [0, 0.05) is 32.2 Å². The second kappa shape index (κ2) is 7.30. The summed E-state index contributed by atoms with van der Waals surface area (Å²) in [6, 6.07) is 8.45. The molecule has 1 aromatic carbocycles. The third-order valence-corrected chi connectivity index (χ3v) is 6.60. The fourth-order valence-electron chi connectivity index (χ4n) is 3.56. The molecule has 1 fully saturated rings. The highest BCUT2D eigenvalue weighted by molar-refractivity contribution is 7.91. The number of sulfone groups is 1. The topological polar surface area (TPSA) is 69.6 Å². The lowest BCUT2D eigenvalue weighted by atomic mass is 10.00. The number of nitrogens with one attached hydrogen (secondary N) is 1. The Morgan fingerprint density at radius 1 is 1.30 bits per heavy atom. The molecular formula is C17H26N2O3S. The Hall–Kier alpha value is -0.950. The van der Waals surface area contributed by atoms with Crippen LogP contribution in [0.15, 0.2) is 24.3 Å². The Labute approximate surface area is 138 Å². The maximum absolute atomic E-state index is 11.6. The Bertz CT molecular complexity index is 632. The van der Waals surface area contributed by atoms with Crippen LogP contribution in [0, 0.1) is 0 Å². The van der Waals surface area contributed by atoms with Gasteiger partial charge < -0.3 is 10.4 Å². The fraction of sp³-hybridized carbons (Fsp3) is 0.647. The Balaban J connectivity index is 1.44. The van der Waals surface area contributed by atoms with Crippen LogP contribution in [0.25, 0.3) is 0 Å². The third-order valence-electron chi connectivity index (χ3n) is 4.78. The van der Waals surface area contributed by atoms with Gasteiger partial charge in [-0.2, -0.15) is 0 Å². The van der Waals surface area contributed by atoms with Crippen molar-refractivity contribution in [2.45, 2.75) is 38.0 Å². The van der Waals surface area contributed by atoms with Crippen molar-refractivity contribution in [3.8, 4) is 0 Å². The fourth-order valence-corrected chi connectivity index (χ4v) is 5.23. The van der Waals surface area contributed by atoms with Crippen LogP contribution in [0.3, 0.4) is 0 Å². The minimum atomic E-state index is -2.90. The van der Waals surface area contributed by atoms with E-state index in [4.69, 9.17) is 0 Å². The summed E-state index contributed by atoms with van der Waals surface area (Å²) in [5, 5.41) is 13.5. The van der Waals surface area contributed by atoms with Gasteiger partial charge in [-0.1, -0.05) is 24.3 Å². The summed E-state index contributed by atoms with van der Waals surface area (Å²) in [7, 11) is -2.90. The highest BCUT2D eigenvalue weighted by Gasteiger charge is 2.25. The summed E-state index contributed by atoms with van der Waals surface area (Å²) in [4.78, 5) is 2.27. The zero-order valence-corrected chi connectivity index (χ0v) is 14.3. The third kappa shape index (κ3) is 4.76. The molecule has 1 saturated heterocycles. The number of hydrogen-bond donors (Lipinski definition) is 2. The molecule has 3 rings (SSSR count). The zero-order valence-electron chi connectivity index (χ0n) is 13.4. The van der Waals surface area contributed by atoms with Crippen molar-refractivity contribution in [1.82, 2.24) is 10.2 Å². The van der Waals surface area contributed by atoms with Crippen LogP contribution in [0.1, 0.15) is 24.0 Å². The van der Waals surface area contributed by atoms with E-state index in [9.17, 15) is 13.5 Å². The summed E-state index contributed by atoms with van der Waals surface area (Å²) < 4.78 is 23.3. The van der Waals surface area contributed by atoms with E-state index < -0.39 is 15.9 Å². The average Bonchev–Trinajstić information content (AvgIpc) is 2.52. The first-order valence-electron chi connectivity index (χ1n) is 8.43. The lowest BCUT2D eigenvalue weighted by molar-refractivity contribution is 0.102. The van der Waals surface area contributed by atoms with Gasteiger partial charge in [0.05, 0.1) is 17.6 Å². The van der Waals surface area contributed by atoms with Crippen LogP contribution in [-0.2, 0) is 22.8 Å². The SMILES string of the molecule is O=S1(=O)CCC[C@H](NC[C@@H](O)CN2CCc3ccccc3C2)C1. The first-order chi connectivity index (χ1) is 11.0. The van der Waals surface area contributed by atoms with Gasteiger partial charge in [0.15, 0.2) is 9.84 Å². The molecule has 0 aliphatic carbocycles. The number of aliphatic hydroxyl groups is 1. The molecule has 2 aliphatic heterocycles. The lowest BCUT2D eigenvalue weighted by Crippen LogP contribution is -2.46. The molecule has 0 radical (unpaired) electrons. The second-order valence-electron chi connectivity index (χ2n) is 6.77. The van der Waals surface area contributed by atoms with Crippen molar-refractivity contribution in [2.24, 2.45) is 0 Å². The molecule has 128 valence electrons. The van der Waals surface area contributed by atoms with Gasteiger partial charge in [-0.25, -0.2) is 8.42 Å². The van der Waals surface area contributed by atoms with Crippen LogP contribution in [0.2, 0.25) is 0 Å². The number of rotatable bonds is 5. The van der Waals surface area contributed by atoms with Gasteiger partial charge in [-0.15, -0.1) is 0 Å². The molecule has 0 spiro atoms. The summed E-state index contributed by atoms with van der Waals surface area (Å²) >= 11 is 0. The van der Waals surface area contributed by atoms with Crippen LogP contribution >= 0.6 is 0 Å². The number of hydrogen-bond acceptors (Lipinski definition) is 5. The van der Waals surface area contributed by atoms with Gasteiger partial charge >= 0.3 is 0 Å². The van der Waals surface area contributed by atoms with E-state index in [1.54, 1.807) is 0 Å². The first-order valence-corrected chi connectivity index (χ1v) is 10.2. The van der Waals surface area contributed by atoms with Gasteiger partial charge in [0.2, 0.25) is 0 Å². The largest absolute Gasteiger partial charge is 0.390 e. The zero-order chi connectivity index (χ0) is 16.3. The van der Waals surface area contributed by atoms with Crippen LogP contribution in [0.5, 0.6) is 0 Å². The van der Waals surface area contributed by atoms with E-state index in [1.165, 1.54) is 11.1 Å². The maximum Gasteiger partial charge on any atom is 0.151 e. The summed E-state index contributed by atoms with van der Waals surface area (Å²) in [5.41, 5.74) is 2.75. The summed E-state index contributed by atoms with van der Waals surface area (Å²) in [6.07, 6.45) is 2.16. The van der Waals surface area contributed by atoms with Crippen LogP contribution in [-0.4, -0.2) is 61.7 Å². The van der Waals surface area contributed by atoms with Gasteiger partial charge in [-0.05, 0) is 30.4 Å². The van der Waals surface area contributed by atoms with Crippen molar-refractivity contribution in [3.63, 3.8) is 0 Å². The van der Waals surface area contributed by atoms with E-state index >= 15 is 0 Å². The van der Waals surface area contributed by atoms with Crippen molar-refractivity contribution in [1.29, 1.82) is 0 Å². The molecule has 0 amide bonds. The predicted molar refractivity (Wildman–Crippen MR) is 91.1 cm³/mol. The lowest BCUT2D eigenvalue weighted by Gasteiger charge is -2.31. The Morgan fingerprint density at radius 3 is 2.87 bits per heavy atom. The smallest absolute Gasteiger partial charge is 0.151 e.